The maximum absolute atomic E-state index is 11.8. The summed E-state index contributed by atoms with van der Waals surface area (Å²) in [7, 11) is 8.13. The molecule has 0 aliphatic heterocycles. The van der Waals surface area contributed by atoms with E-state index in [0.29, 0.717) is 22.1 Å². The maximum Gasteiger partial charge on any atom is 0.347 e. The van der Waals surface area contributed by atoms with Gasteiger partial charge in [0.15, 0.2) is 12.2 Å². The van der Waals surface area contributed by atoms with Crippen LogP contribution in [0.2, 0.25) is 0 Å². The summed E-state index contributed by atoms with van der Waals surface area (Å²) >= 11 is 0. The molecule has 0 aromatic heterocycles. The molecule has 0 aromatic rings. The third kappa shape index (κ3) is 13.1. The van der Waals surface area contributed by atoms with Gasteiger partial charge in [0.2, 0.25) is 0 Å². The van der Waals surface area contributed by atoms with Crippen LogP contribution in [-0.4, -0.2) is 113 Å². The maximum atomic E-state index is 11.8. The third-order valence-electron chi connectivity index (χ3n) is 4.54. The molecule has 0 rings (SSSR count). The molecule has 0 bridgehead atoms. The molecule has 2 atom stereocenters. The molecule has 0 heterocycles. The second-order valence-electron chi connectivity index (χ2n) is 8.60. The highest BCUT2D eigenvalue weighted by molar-refractivity contribution is 5.78. The van der Waals surface area contributed by atoms with Crippen molar-refractivity contribution in [1.29, 1.82) is 0 Å². The summed E-state index contributed by atoms with van der Waals surface area (Å²) in [4.78, 5) is 45.3. The van der Waals surface area contributed by atoms with Gasteiger partial charge in [-0.05, 0) is 13.8 Å². The van der Waals surface area contributed by atoms with Crippen molar-refractivity contribution in [2.75, 3.05) is 67.6 Å². The molecular formula is C20H38N2O8+2. The third-order valence-corrected chi connectivity index (χ3v) is 4.54. The van der Waals surface area contributed by atoms with Crippen LogP contribution in [0, 0.1) is 0 Å². The number of carbonyl (C=O) groups is 4. The number of esters is 4. The zero-order valence-corrected chi connectivity index (χ0v) is 19.6. The molecule has 0 radical (unpaired) electrons. The lowest BCUT2D eigenvalue weighted by Crippen LogP contribution is -2.53. The van der Waals surface area contributed by atoms with Crippen LogP contribution in [-0.2, 0) is 38.1 Å². The average Bonchev–Trinajstić information content (AvgIpc) is 2.58. The van der Waals surface area contributed by atoms with Gasteiger partial charge < -0.3 is 27.9 Å². The number of nitrogens with zero attached hydrogens (tertiary/aromatic N) is 2. The molecule has 0 fully saturated rings. The van der Waals surface area contributed by atoms with Crippen molar-refractivity contribution in [3.8, 4) is 0 Å². The van der Waals surface area contributed by atoms with Gasteiger partial charge in [0.1, 0.15) is 39.4 Å². The zero-order valence-electron chi connectivity index (χ0n) is 19.6. The lowest BCUT2D eigenvalue weighted by atomic mass is 10.3. The molecule has 0 aromatic carbocycles. The number of rotatable bonds is 13. The molecular weight excluding hydrogens is 396 g/mol. The number of quaternary nitrogens is 2. The lowest BCUT2D eigenvalue weighted by Gasteiger charge is -2.35. The molecule has 30 heavy (non-hydrogen) atoms. The Labute approximate surface area is 179 Å². The Morgan fingerprint density at radius 2 is 0.933 bits per heavy atom. The van der Waals surface area contributed by atoms with Crippen LogP contribution in [0.1, 0.15) is 27.7 Å². The largest absolute Gasteiger partial charge is 0.457 e. The highest BCUT2D eigenvalue weighted by Crippen LogP contribution is 2.05. The number of carbonyl (C=O) groups excluding carboxylic acids is 4. The van der Waals surface area contributed by atoms with Crippen molar-refractivity contribution in [3.05, 3.63) is 0 Å². The van der Waals surface area contributed by atoms with Gasteiger partial charge in [0, 0.05) is 13.8 Å². The fourth-order valence-electron chi connectivity index (χ4n) is 2.38. The molecule has 0 N–H and O–H groups in total. The standard InChI is InChI=1S/C20H38N2O8/c1-15(29-17(3)23)19(25)27-13-11-21(5,6)9-10-22(7,8)12-14-28-20(26)16(2)30-18(4)24/h15-16H,9-14H2,1-8H3/q+2/t15-,16-/m1/s1. The van der Waals surface area contributed by atoms with Gasteiger partial charge >= 0.3 is 23.9 Å². The minimum absolute atomic E-state index is 0.219. The fourth-order valence-corrected chi connectivity index (χ4v) is 2.38. The smallest absolute Gasteiger partial charge is 0.347 e. The first-order chi connectivity index (χ1) is 13.6. The van der Waals surface area contributed by atoms with Gasteiger partial charge in [-0.2, -0.15) is 0 Å². The molecule has 10 nitrogen and oxygen atoms in total. The van der Waals surface area contributed by atoms with Crippen LogP contribution in [0.5, 0.6) is 0 Å². The molecule has 0 saturated carbocycles. The van der Waals surface area contributed by atoms with E-state index in [1.165, 1.54) is 27.7 Å². The van der Waals surface area contributed by atoms with Crippen molar-refractivity contribution >= 4 is 23.9 Å². The van der Waals surface area contributed by atoms with Crippen molar-refractivity contribution in [1.82, 2.24) is 0 Å². The van der Waals surface area contributed by atoms with E-state index in [9.17, 15) is 19.2 Å². The number of hydrogen-bond acceptors (Lipinski definition) is 8. The van der Waals surface area contributed by atoms with Crippen LogP contribution in [0.3, 0.4) is 0 Å². The predicted octanol–water partition coefficient (Wildman–Crippen LogP) is 0.129. The van der Waals surface area contributed by atoms with E-state index < -0.39 is 36.1 Å². The molecule has 0 spiro atoms. The van der Waals surface area contributed by atoms with E-state index >= 15 is 0 Å². The molecule has 0 aliphatic rings. The van der Waals surface area contributed by atoms with Gasteiger partial charge in [-0.25, -0.2) is 9.59 Å². The van der Waals surface area contributed by atoms with Crippen molar-refractivity contribution in [2.45, 2.75) is 39.9 Å². The second kappa shape index (κ2) is 12.5. The van der Waals surface area contributed by atoms with Crippen molar-refractivity contribution < 1.29 is 47.1 Å². The van der Waals surface area contributed by atoms with E-state index in [0.717, 1.165) is 13.1 Å². The number of likely N-dealkylation sites (N-methyl/N-ethyl adjacent to an activating group) is 2. The summed E-state index contributed by atoms with van der Waals surface area (Å²) in [5.74, 6) is -2.18. The van der Waals surface area contributed by atoms with Crippen molar-refractivity contribution in [3.63, 3.8) is 0 Å². The molecule has 0 amide bonds. The highest BCUT2D eigenvalue weighted by atomic mass is 16.6. The van der Waals surface area contributed by atoms with Crippen LogP contribution >= 0.6 is 0 Å². The van der Waals surface area contributed by atoms with Crippen LogP contribution in [0.4, 0.5) is 0 Å². The predicted molar refractivity (Wildman–Crippen MR) is 108 cm³/mol. The minimum Gasteiger partial charge on any atom is -0.457 e. The summed E-state index contributed by atoms with van der Waals surface area (Å²) in [6.07, 6.45) is -1.83. The Kier molecular flexibility index (Phi) is 11.6. The normalized spacial score (nSPS) is 13.7. The van der Waals surface area contributed by atoms with Crippen LogP contribution < -0.4 is 0 Å². The molecule has 0 aliphatic carbocycles. The molecule has 0 unspecified atom stereocenters. The summed E-state index contributed by atoms with van der Waals surface area (Å²) < 4.78 is 21.2. The second-order valence-corrected chi connectivity index (χ2v) is 8.60. The first-order valence-electron chi connectivity index (χ1n) is 9.97. The zero-order chi connectivity index (χ0) is 23.5. The van der Waals surface area contributed by atoms with Gasteiger partial charge in [0.25, 0.3) is 0 Å². The first-order valence-corrected chi connectivity index (χ1v) is 9.97. The van der Waals surface area contributed by atoms with E-state index in [2.05, 4.69) is 0 Å². The monoisotopic (exact) mass is 434 g/mol. The van der Waals surface area contributed by atoms with Gasteiger partial charge in [0.05, 0.1) is 28.2 Å². The number of hydrogen-bond donors (Lipinski definition) is 0. The lowest BCUT2D eigenvalue weighted by molar-refractivity contribution is -0.945. The first kappa shape index (κ1) is 27.8. The minimum atomic E-state index is -0.917. The Bertz CT molecular complexity index is 552. The van der Waals surface area contributed by atoms with Crippen molar-refractivity contribution in [2.24, 2.45) is 0 Å². The molecule has 174 valence electrons. The quantitative estimate of drug-likeness (QED) is 0.229. The van der Waals surface area contributed by atoms with Gasteiger partial charge in [-0.3, -0.25) is 9.59 Å². The van der Waals surface area contributed by atoms with E-state index in [1.54, 1.807) is 0 Å². The highest BCUT2D eigenvalue weighted by Gasteiger charge is 2.25. The van der Waals surface area contributed by atoms with Gasteiger partial charge in [-0.1, -0.05) is 0 Å². The van der Waals surface area contributed by atoms with E-state index in [4.69, 9.17) is 18.9 Å². The Balaban J connectivity index is 4.27. The average molecular weight is 435 g/mol. The topological polar surface area (TPSA) is 105 Å². The SMILES string of the molecule is CC(=O)O[C@H](C)C(=O)OCC[N+](C)(C)CC[N+](C)(C)CCOC(=O)[C@@H](C)OC(C)=O. The Morgan fingerprint density at radius 3 is 1.20 bits per heavy atom. The van der Waals surface area contributed by atoms with Crippen LogP contribution in [0.15, 0.2) is 0 Å². The van der Waals surface area contributed by atoms with Gasteiger partial charge in [-0.15, -0.1) is 0 Å². The summed E-state index contributed by atoms with van der Waals surface area (Å²) in [5, 5.41) is 0. The molecule has 0 saturated heterocycles. The van der Waals surface area contributed by atoms with Crippen LogP contribution in [0.25, 0.3) is 0 Å². The fraction of sp³-hybridized carbons (Fsp3) is 0.800. The molecule has 10 heteroatoms. The summed E-state index contributed by atoms with van der Waals surface area (Å²) in [6, 6.07) is 0. The summed E-state index contributed by atoms with van der Waals surface area (Å²) in [5.41, 5.74) is 0. The van der Waals surface area contributed by atoms with E-state index in [-0.39, 0.29) is 13.2 Å². The van der Waals surface area contributed by atoms with E-state index in [1.807, 2.05) is 28.2 Å². The Hall–Kier alpha value is -2.20. The summed E-state index contributed by atoms with van der Waals surface area (Å²) in [6.45, 7) is 8.70. The Morgan fingerprint density at radius 1 is 0.633 bits per heavy atom. The number of ether oxygens (including phenoxy) is 4.